The van der Waals surface area contributed by atoms with Crippen molar-refractivity contribution in [2.75, 3.05) is 32.7 Å². The van der Waals surface area contributed by atoms with Crippen LogP contribution >= 0.6 is 0 Å². The van der Waals surface area contributed by atoms with Crippen LogP contribution in [0.15, 0.2) is 0 Å². The summed E-state index contributed by atoms with van der Waals surface area (Å²) < 4.78 is 29.3. The minimum atomic E-state index is -3.25. The highest BCUT2D eigenvalue weighted by molar-refractivity contribution is 7.87. The molecule has 0 spiro atoms. The first-order chi connectivity index (χ1) is 9.10. The predicted octanol–water partition coefficient (Wildman–Crippen LogP) is 0.935. The summed E-state index contributed by atoms with van der Waals surface area (Å²) in [6.45, 7) is 4.55. The van der Waals surface area contributed by atoms with Crippen molar-refractivity contribution in [2.45, 2.75) is 50.5 Å². The molecular formula is C13H25N3O2S. The molecule has 0 aromatic heterocycles. The summed E-state index contributed by atoms with van der Waals surface area (Å²) in [5.74, 6) is 0. The summed E-state index contributed by atoms with van der Waals surface area (Å²) in [6, 6.07) is 0. The van der Waals surface area contributed by atoms with Crippen molar-refractivity contribution >= 4 is 10.2 Å². The highest BCUT2D eigenvalue weighted by atomic mass is 32.2. The Bertz CT molecular complexity index is 408. The van der Waals surface area contributed by atoms with E-state index < -0.39 is 10.2 Å². The molecule has 1 aliphatic carbocycles. The average molecular weight is 287 g/mol. The Labute approximate surface area is 116 Å². The van der Waals surface area contributed by atoms with E-state index in [1.54, 1.807) is 4.31 Å². The molecule has 19 heavy (non-hydrogen) atoms. The number of nitrogens with one attached hydrogen (secondary N) is 1. The molecule has 3 aliphatic rings. The lowest BCUT2D eigenvalue weighted by atomic mass is 10.1. The van der Waals surface area contributed by atoms with E-state index in [-0.39, 0.29) is 5.54 Å². The Morgan fingerprint density at radius 3 is 2.05 bits per heavy atom. The molecule has 0 atom stereocenters. The summed E-state index contributed by atoms with van der Waals surface area (Å²) in [4.78, 5) is 2.43. The van der Waals surface area contributed by atoms with Gasteiger partial charge >= 0.3 is 0 Å². The quantitative estimate of drug-likeness (QED) is 0.818. The first-order valence-electron chi connectivity index (χ1n) is 7.61. The van der Waals surface area contributed by atoms with Crippen LogP contribution in [-0.4, -0.2) is 55.9 Å². The van der Waals surface area contributed by atoms with Crippen molar-refractivity contribution in [1.29, 1.82) is 0 Å². The van der Waals surface area contributed by atoms with Crippen LogP contribution in [0.5, 0.6) is 0 Å². The molecule has 3 fully saturated rings. The predicted molar refractivity (Wildman–Crippen MR) is 75.1 cm³/mol. The van der Waals surface area contributed by atoms with Gasteiger partial charge in [0.2, 0.25) is 0 Å². The Kier molecular flexibility index (Phi) is 3.86. The van der Waals surface area contributed by atoms with E-state index in [9.17, 15) is 8.42 Å². The molecule has 2 heterocycles. The number of piperidine rings is 1. The summed E-state index contributed by atoms with van der Waals surface area (Å²) in [5.41, 5.74) is -0.154. The monoisotopic (exact) mass is 287 g/mol. The first-order valence-corrected chi connectivity index (χ1v) is 9.05. The Balaban J connectivity index is 1.58. The topological polar surface area (TPSA) is 52.7 Å². The third-order valence-electron chi connectivity index (χ3n) is 4.58. The lowest BCUT2D eigenvalue weighted by molar-refractivity contribution is 0.205. The zero-order chi connectivity index (χ0) is 13.3. The summed E-state index contributed by atoms with van der Waals surface area (Å²) >= 11 is 0. The van der Waals surface area contributed by atoms with Gasteiger partial charge in [-0.3, -0.25) is 0 Å². The third kappa shape index (κ3) is 3.29. The minimum absolute atomic E-state index is 0.154. The number of hydrogen-bond donors (Lipinski definition) is 1. The molecule has 5 nitrogen and oxygen atoms in total. The normalized spacial score (nSPS) is 28.6. The highest BCUT2D eigenvalue weighted by Crippen LogP contribution is 2.38. The average Bonchev–Trinajstić information content (AvgIpc) is 2.93. The van der Waals surface area contributed by atoms with Crippen LogP contribution in [0.1, 0.15) is 44.9 Å². The van der Waals surface area contributed by atoms with Gasteiger partial charge in [0.05, 0.1) is 0 Å². The number of hydrogen-bond acceptors (Lipinski definition) is 3. The van der Waals surface area contributed by atoms with Crippen molar-refractivity contribution in [2.24, 2.45) is 0 Å². The zero-order valence-electron chi connectivity index (χ0n) is 11.6. The van der Waals surface area contributed by atoms with E-state index >= 15 is 0 Å². The molecule has 0 aromatic carbocycles. The molecular weight excluding hydrogens is 262 g/mol. The van der Waals surface area contributed by atoms with Crippen LogP contribution < -0.4 is 4.72 Å². The zero-order valence-corrected chi connectivity index (χ0v) is 12.4. The second-order valence-corrected chi connectivity index (χ2v) is 8.00. The van der Waals surface area contributed by atoms with Crippen molar-refractivity contribution in [3.8, 4) is 0 Å². The molecule has 3 rings (SSSR count). The van der Waals surface area contributed by atoms with Gasteiger partial charge in [-0.15, -0.1) is 0 Å². The van der Waals surface area contributed by atoms with Crippen molar-refractivity contribution in [3.63, 3.8) is 0 Å². The molecule has 0 radical (unpaired) electrons. The van der Waals surface area contributed by atoms with Gasteiger partial charge in [-0.2, -0.15) is 17.4 Å². The summed E-state index contributed by atoms with van der Waals surface area (Å²) in [5, 5.41) is 0. The summed E-state index contributed by atoms with van der Waals surface area (Å²) in [7, 11) is -3.25. The molecule has 0 unspecified atom stereocenters. The maximum atomic E-state index is 12.3. The van der Waals surface area contributed by atoms with Gasteiger partial charge in [0.25, 0.3) is 10.2 Å². The number of rotatable bonds is 5. The van der Waals surface area contributed by atoms with Gasteiger partial charge in [-0.05, 0) is 51.6 Å². The van der Waals surface area contributed by atoms with E-state index in [2.05, 4.69) is 9.62 Å². The van der Waals surface area contributed by atoms with Crippen LogP contribution in [0.2, 0.25) is 0 Å². The van der Waals surface area contributed by atoms with Crippen LogP contribution in [0.3, 0.4) is 0 Å². The molecule has 0 amide bonds. The number of likely N-dealkylation sites (tertiary alicyclic amines) is 1. The van der Waals surface area contributed by atoms with Gasteiger partial charge in [0.15, 0.2) is 0 Å². The van der Waals surface area contributed by atoms with Gasteiger partial charge < -0.3 is 4.90 Å². The molecule has 0 aromatic rings. The lowest BCUT2D eigenvalue weighted by Gasteiger charge is -2.31. The van der Waals surface area contributed by atoms with Gasteiger partial charge in [-0.25, -0.2) is 0 Å². The van der Waals surface area contributed by atoms with E-state index in [1.165, 1.54) is 19.3 Å². The fraction of sp³-hybridized carbons (Fsp3) is 1.00. The lowest BCUT2D eigenvalue weighted by Crippen LogP contribution is -2.51. The van der Waals surface area contributed by atoms with Crippen molar-refractivity contribution in [1.82, 2.24) is 13.9 Å². The Morgan fingerprint density at radius 1 is 0.895 bits per heavy atom. The molecule has 110 valence electrons. The molecule has 2 saturated heterocycles. The maximum Gasteiger partial charge on any atom is 0.279 e. The van der Waals surface area contributed by atoms with E-state index in [0.717, 1.165) is 45.3 Å². The Morgan fingerprint density at radius 2 is 1.47 bits per heavy atom. The molecule has 1 saturated carbocycles. The van der Waals surface area contributed by atoms with E-state index in [1.807, 2.05) is 0 Å². The van der Waals surface area contributed by atoms with Crippen molar-refractivity contribution < 1.29 is 8.42 Å². The second-order valence-electron chi connectivity index (χ2n) is 6.33. The van der Waals surface area contributed by atoms with E-state index in [0.29, 0.717) is 13.1 Å². The fourth-order valence-corrected chi connectivity index (χ4v) is 4.94. The second kappa shape index (κ2) is 5.31. The van der Waals surface area contributed by atoms with Crippen LogP contribution in [0.4, 0.5) is 0 Å². The van der Waals surface area contributed by atoms with Crippen LogP contribution in [0, 0.1) is 0 Å². The maximum absolute atomic E-state index is 12.3. The van der Waals surface area contributed by atoms with Crippen LogP contribution in [0.25, 0.3) is 0 Å². The van der Waals surface area contributed by atoms with Gasteiger partial charge in [-0.1, -0.05) is 6.42 Å². The fourth-order valence-electron chi connectivity index (χ4n) is 3.26. The molecule has 2 aliphatic heterocycles. The van der Waals surface area contributed by atoms with Gasteiger partial charge in [0.1, 0.15) is 0 Å². The van der Waals surface area contributed by atoms with Crippen molar-refractivity contribution in [3.05, 3.63) is 0 Å². The van der Waals surface area contributed by atoms with Gasteiger partial charge in [0, 0.05) is 25.2 Å². The number of nitrogens with zero attached hydrogens (tertiary/aromatic N) is 2. The standard InChI is InChI=1S/C13H25N3O2S/c17-19(18,16-10-4-5-11-16)14-13(6-7-13)12-15-8-2-1-3-9-15/h14H,1-12H2. The first kappa shape index (κ1) is 13.8. The van der Waals surface area contributed by atoms with E-state index in [4.69, 9.17) is 0 Å². The molecule has 0 bridgehead atoms. The SMILES string of the molecule is O=S(=O)(NC1(CN2CCCCC2)CC1)N1CCCC1. The third-order valence-corrected chi connectivity index (χ3v) is 6.31. The largest absolute Gasteiger partial charge is 0.301 e. The summed E-state index contributed by atoms with van der Waals surface area (Å²) in [6.07, 6.45) is 7.83. The minimum Gasteiger partial charge on any atom is -0.301 e. The molecule has 6 heteroatoms. The highest BCUT2D eigenvalue weighted by Gasteiger charge is 2.48. The molecule has 1 N–H and O–H groups in total. The Hall–Kier alpha value is -0.170. The van der Waals surface area contributed by atoms with Crippen LogP contribution in [-0.2, 0) is 10.2 Å². The smallest absolute Gasteiger partial charge is 0.279 e.